The predicted octanol–water partition coefficient (Wildman–Crippen LogP) is 0.431. The third-order valence-electron chi connectivity index (χ3n) is 18.6. The first-order chi connectivity index (χ1) is 48.2. The quantitative estimate of drug-likeness (QED) is 0.0760. The van der Waals surface area contributed by atoms with Crippen LogP contribution in [0.25, 0.3) is 11.1 Å². The third kappa shape index (κ3) is 15.9. The summed E-state index contributed by atoms with van der Waals surface area (Å²) in [5, 5.41) is 124. The van der Waals surface area contributed by atoms with Crippen molar-refractivity contribution >= 4 is 70.5 Å². The predicted molar refractivity (Wildman–Crippen MR) is 359 cm³/mol. The Kier molecular flexibility index (Phi) is 22.8. The van der Waals surface area contributed by atoms with E-state index in [0.717, 1.165) is 54.6 Å². The maximum Gasteiger partial charge on any atom is 0.248 e. The summed E-state index contributed by atoms with van der Waals surface area (Å²) >= 11 is 14.2. The fraction of sp³-hybridized carbons (Fsp3) is 0.441. The van der Waals surface area contributed by atoms with E-state index in [2.05, 4.69) is 42.5 Å². The Bertz CT molecular complexity index is 4090. The molecule has 0 radical (unpaired) electrons. The number of nitrogens with one attached hydrogen (secondary N) is 8. The van der Waals surface area contributed by atoms with Gasteiger partial charge in [-0.25, -0.2) is 0 Å². The van der Waals surface area contributed by atoms with Crippen molar-refractivity contribution in [2.24, 2.45) is 23.3 Å². The Morgan fingerprint density at radius 1 is 0.716 bits per heavy atom. The highest BCUT2D eigenvalue weighted by molar-refractivity contribution is 6.32. The Hall–Kier alpha value is -9.16. The summed E-state index contributed by atoms with van der Waals surface area (Å²) in [5.74, 6) is -15.2. The van der Waals surface area contributed by atoms with Crippen molar-refractivity contribution < 1.29 is 108 Å². The molecule has 11 bridgehead atoms. The van der Waals surface area contributed by atoms with Crippen molar-refractivity contribution in [3.05, 3.63) is 117 Å². The number of nitrogens with two attached hydrogens (primary N) is 2. The summed E-state index contributed by atoms with van der Waals surface area (Å²) in [6.07, 6.45) is -15.7. The smallest absolute Gasteiger partial charge is 0.248 e. The molecule has 34 heteroatoms. The number of primary amides is 1. The zero-order chi connectivity index (χ0) is 74.2. The van der Waals surface area contributed by atoms with Crippen molar-refractivity contribution in [3.63, 3.8) is 0 Å². The van der Waals surface area contributed by atoms with Crippen molar-refractivity contribution in [1.29, 1.82) is 0 Å². The molecular weight excluding hydrogens is 1380 g/mol. The highest BCUT2D eigenvalue weighted by atomic mass is 35.5. The number of carbonyl (C=O) groups excluding carboxylic acids is 8. The molecule has 5 aromatic carbocycles. The number of halogens is 2. The topological polar surface area (TPSA) is 513 Å². The second-order valence-corrected chi connectivity index (χ2v) is 27.3. The van der Waals surface area contributed by atoms with Crippen LogP contribution in [0.2, 0.25) is 10.0 Å². The summed E-state index contributed by atoms with van der Waals surface area (Å²) in [5.41, 5.74) is 8.80. The lowest BCUT2D eigenvalue weighted by molar-refractivity contribution is -0.286. The van der Waals surface area contributed by atoms with Gasteiger partial charge in [-0.2, -0.15) is 0 Å². The monoisotopic (exact) mass is 1460 g/mol. The number of hydrogen-bond donors (Lipinski definition) is 19. The van der Waals surface area contributed by atoms with Gasteiger partial charge in [0.25, 0.3) is 0 Å². The summed E-state index contributed by atoms with van der Waals surface area (Å²) < 4.78 is 32.8. The molecule has 1 saturated carbocycles. The van der Waals surface area contributed by atoms with E-state index in [-0.39, 0.29) is 74.5 Å². The van der Waals surface area contributed by atoms with E-state index >= 15 is 19.2 Å². The second-order valence-electron chi connectivity index (χ2n) is 26.5. The Morgan fingerprint density at radius 3 is 1.91 bits per heavy atom. The number of aromatic hydroxyl groups is 3. The van der Waals surface area contributed by atoms with Crippen LogP contribution < -0.4 is 68.2 Å². The van der Waals surface area contributed by atoms with Gasteiger partial charge >= 0.3 is 0 Å². The van der Waals surface area contributed by atoms with Gasteiger partial charge < -0.3 is 124 Å². The average molecular weight is 1460 g/mol. The molecule has 5 aromatic rings. The van der Waals surface area contributed by atoms with Crippen LogP contribution in [0.15, 0.2) is 78.9 Å². The molecule has 0 aromatic heterocycles. The van der Waals surface area contributed by atoms with Crippen LogP contribution in [-0.2, 0) is 47.8 Å². The highest BCUT2D eigenvalue weighted by Gasteiger charge is 2.51. The third-order valence-corrected chi connectivity index (χ3v) is 19.1. The van der Waals surface area contributed by atoms with Gasteiger partial charge in [0.15, 0.2) is 17.8 Å². The highest BCUT2D eigenvalue weighted by Crippen LogP contribution is 2.50. The van der Waals surface area contributed by atoms with Gasteiger partial charge in [-0.15, -0.1) is 0 Å². The zero-order valence-corrected chi connectivity index (χ0v) is 57.2. The molecule has 1 aliphatic carbocycles. The van der Waals surface area contributed by atoms with E-state index in [1.54, 1.807) is 6.92 Å². The van der Waals surface area contributed by atoms with E-state index in [0.29, 0.717) is 0 Å². The fourth-order valence-electron chi connectivity index (χ4n) is 13.1. The Balaban J connectivity index is 1.24. The molecule has 18 unspecified atom stereocenters. The molecule has 1 saturated heterocycles. The maximum absolute atomic E-state index is 16.1. The van der Waals surface area contributed by atoms with Crippen LogP contribution in [0.5, 0.6) is 46.0 Å². The number of phenols is 3. The first kappa shape index (κ1) is 75.5. The van der Waals surface area contributed by atoms with E-state index < -0.39 is 215 Å². The van der Waals surface area contributed by atoms with Gasteiger partial charge in [0.05, 0.1) is 40.8 Å². The number of rotatable bonds is 13. The number of benzene rings is 5. The lowest BCUT2D eigenvalue weighted by atomic mass is 9.80. The molecule has 8 amide bonds. The van der Waals surface area contributed by atoms with Gasteiger partial charge in [-0.05, 0) is 122 Å². The Morgan fingerprint density at radius 2 is 1.32 bits per heavy atom. The van der Waals surface area contributed by atoms with E-state index in [1.165, 1.54) is 45.3 Å². The molecule has 102 heavy (non-hydrogen) atoms. The molecule has 32 nitrogen and oxygen atoms in total. The van der Waals surface area contributed by atoms with Crippen molar-refractivity contribution in [3.8, 4) is 57.1 Å². The largest absolute Gasteiger partial charge is 0.508 e. The van der Waals surface area contributed by atoms with Gasteiger partial charge in [0.1, 0.15) is 95.5 Å². The van der Waals surface area contributed by atoms with Crippen LogP contribution in [0, 0.1) is 11.8 Å². The van der Waals surface area contributed by atoms with Crippen LogP contribution in [0.4, 0.5) is 0 Å². The molecule has 6 aliphatic heterocycles. The lowest BCUT2D eigenvalue weighted by Crippen LogP contribution is -2.63. The van der Waals surface area contributed by atoms with Crippen molar-refractivity contribution in [2.45, 2.75) is 156 Å². The maximum atomic E-state index is 16.1. The summed E-state index contributed by atoms with van der Waals surface area (Å²) in [6.45, 7) is 5.99. The number of fused-ring (bicyclic) bond motifs is 15. The standard InChI is InChI=1S/C68H80Cl2N10O22/c1-25(2)13-37(73-5)61(91)79-52-54(86)28-8-11-41(35(69)15-28)99-43-17-30-18-44(58(43)101-45-19-31(24-81)56(88)57(89)59(45)102-47-23-68(4,72)60(90)26(3)98-47)100-42-12-9-29(16-36(42)70)55(87)53-67(97)78-51(63(93)74-6)34-20-32(82)21-40(84)48(34)33-14-27(7-10-39(33)83)49(64(94)80-53)77-65(95)50(30)76-62(92)38(22-46(71)85)75-66(52)96/h7-12,14-18,20-21,25-26,31,37-38,45,47,49-57,59-60,73,81-84,86-90H,13,19,22-24,72H2,1-6H3,(H2,71,85)(H,74,93)(H,75,96)(H,76,92)(H,77,95)(H,78,97)(H,79,91)(H,80,94). The minimum Gasteiger partial charge on any atom is -0.508 e. The molecule has 0 spiro atoms. The average Bonchev–Trinajstić information content (AvgIpc) is 0.767. The second kappa shape index (κ2) is 30.8. The van der Waals surface area contributed by atoms with Crippen LogP contribution in [0.1, 0.15) is 112 Å². The minimum absolute atomic E-state index is 0.0852. The minimum atomic E-state index is -2.29. The number of phenolic OH excluding ortho intramolecular Hbond substituents is 3. The molecule has 2 fully saturated rings. The van der Waals surface area contributed by atoms with Crippen molar-refractivity contribution in [1.82, 2.24) is 42.5 Å². The molecule has 7 aliphatic rings. The van der Waals surface area contributed by atoms with Gasteiger partial charge in [0, 0.05) is 48.7 Å². The molecule has 548 valence electrons. The first-order valence-electron chi connectivity index (χ1n) is 32.5. The number of aliphatic hydroxyl groups is 6. The molecule has 12 rings (SSSR count). The van der Waals surface area contributed by atoms with Gasteiger partial charge in [-0.3, -0.25) is 38.4 Å². The van der Waals surface area contributed by atoms with Crippen LogP contribution in [0.3, 0.4) is 0 Å². The van der Waals surface area contributed by atoms with Crippen molar-refractivity contribution in [2.75, 3.05) is 20.7 Å². The number of carbonyl (C=O) groups is 8. The normalized spacial score (nSPS) is 29.2. The first-order valence-corrected chi connectivity index (χ1v) is 33.2. The number of hydrogen-bond acceptors (Lipinski definition) is 24. The number of likely N-dealkylation sites (N-methyl/N-ethyl adjacent to an activating group) is 2. The molecule has 6 heterocycles. The molecule has 21 N–H and O–H groups in total. The molecular formula is C68H80Cl2N10O22. The van der Waals surface area contributed by atoms with Gasteiger partial charge in [-0.1, -0.05) is 55.2 Å². The lowest BCUT2D eigenvalue weighted by Gasteiger charge is -2.47. The van der Waals surface area contributed by atoms with Gasteiger partial charge in [0.2, 0.25) is 53.0 Å². The summed E-state index contributed by atoms with van der Waals surface area (Å²) in [7, 11) is 2.68. The molecule has 18 atom stereocenters. The Labute approximate surface area is 592 Å². The van der Waals surface area contributed by atoms with E-state index in [1.807, 2.05) is 13.8 Å². The summed E-state index contributed by atoms with van der Waals surface area (Å²) in [6, 6.07) is 0.836. The van der Waals surface area contributed by atoms with Crippen LogP contribution >= 0.6 is 23.2 Å². The number of amides is 8. The van der Waals surface area contributed by atoms with E-state index in [4.69, 9.17) is 58.4 Å². The SMILES string of the molecule is CNC(=O)C1NC(=O)C2NC(=O)C(NC(=O)C3NC(=O)C(CC(N)=O)NC(=O)C(NC(=O)C(CC(C)C)NC)C(O)c4ccc(c(Cl)c4)Oc4cc3cc(c4OC3CC(CO)C(O)C(O)C3OC3CC(C)(N)C(O)C(C)O3)Oc3ccc(cc3Cl)C2O)c2ccc(O)c(c2)-c2c(O)cc(O)cc21. The summed E-state index contributed by atoms with van der Waals surface area (Å²) in [4.78, 5) is 118. The van der Waals surface area contributed by atoms with Crippen LogP contribution in [-0.4, -0.2) is 187 Å². The zero-order valence-electron chi connectivity index (χ0n) is 55.7. The number of ether oxygens (including phenoxy) is 5. The fourth-order valence-corrected chi connectivity index (χ4v) is 13.6. The number of aliphatic hydroxyl groups excluding tert-OH is 6. The van der Waals surface area contributed by atoms with E-state index in [9.17, 15) is 65.1 Å².